The molecule has 0 aliphatic heterocycles. The van der Waals surface area contributed by atoms with Gasteiger partial charge in [-0.25, -0.2) is 4.98 Å². The summed E-state index contributed by atoms with van der Waals surface area (Å²) in [4.78, 5) is 14.2. The molecule has 1 aromatic heterocycles. The second kappa shape index (κ2) is 5.06. The Labute approximate surface area is 103 Å². The lowest BCUT2D eigenvalue weighted by molar-refractivity contribution is -0.300. The van der Waals surface area contributed by atoms with Crippen molar-refractivity contribution in [2.24, 2.45) is 0 Å². The number of nitrogens with zero attached hydrogens (tertiary/aromatic N) is 1. The minimum atomic E-state index is -5.63. The molecule has 1 heterocycles. The van der Waals surface area contributed by atoms with Gasteiger partial charge in [0.25, 0.3) is 6.10 Å². The van der Waals surface area contributed by atoms with Gasteiger partial charge < -0.3 is 4.74 Å². The van der Waals surface area contributed by atoms with E-state index in [1.807, 2.05) is 0 Å². The van der Waals surface area contributed by atoms with Crippen LogP contribution in [0.25, 0.3) is 0 Å². The third-order valence-corrected chi connectivity index (χ3v) is 1.97. The summed E-state index contributed by atoms with van der Waals surface area (Å²) in [5.74, 6) is -1.46. The summed E-state index contributed by atoms with van der Waals surface area (Å²) in [5.41, 5.74) is -0.104. The van der Waals surface area contributed by atoms with Gasteiger partial charge in [-0.05, 0) is 13.0 Å². The molecule has 1 rings (SSSR count). The number of rotatable bonds is 3. The summed E-state index contributed by atoms with van der Waals surface area (Å²) in [6, 6.07) is 1.86. The molecule has 0 N–H and O–H groups in total. The Morgan fingerprint density at radius 3 is 2.16 bits per heavy atom. The van der Waals surface area contributed by atoms with Gasteiger partial charge in [-0.2, -0.15) is 26.3 Å². The van der Waals surface area contributed by atoms with Crippen molar-refractivity contribution in [3.05, 3.63) is 23.9 Å². The van der Waals surface area contributed by atoms with Crippen LogP contribution in [-0.4, -0.2) is 29.2 Å². The van der Waals surface area contributed by atoms with Crippen molar-refractivity contribution in [2.45, 2.75) is 25.4 Å². The lowest BCUT2D eigenvalue weighted by atomic mass is 10.2. The Balaban J connectivity index is 3.04. The predicted molar refractivity (Wildman–Crippen MR) is 50.8 cm³/mol. The van der Waals surface area contributed by atoms with Gasteiger partial charge in [0.05, 0.1) is 0 Å². The molecule has 0 fully saturated rings. The zero-order chi connectivity index (χ0) is 14.8. The summed E-state index contributed by atoms with van der Waals surface area (Å²) in [5, 5.41) is 0. The van der Waals surface area contributed by atoms with Gasteiger partial charge in [0.15, 0.2) is 5.78 Å². The highest BCUT2D eigenvalue weighted by Gasteiger charge is 2.59. The van der Waals surface area contributed by atoms with E-state index < -0.39 is 30.1 Å². The molecule has 0 aliphatic carbocycles. The fourth-order valence-corrected chi connectivity index (χ4v) is 1.13. The Morgan fingerprint density at radius 1 is 1.21 bits per heavy atom. The molecule has 0 saturated carbocycles. The maximum atomic E-state index is 12.2. The number of hydrogen-bond acceptors (Lipinski definition) is 3. The van der Waals surface area contributed by atoms with Gasteiger partial charge in [0.2, 0.25) is 5.88 Å². The summed E-state index contributed by atoms with van der Waals surface area (Å²) in [7, 11) is 0. The van der Waals surface area contributed by atoms with Crippen molar-refractivity contribution in [3.8, 4) is 5.88 Å². The zero-order valence-electron chi connectivity index (χ0n) is 9.34. The average molecular weight is 287 g/mol. The zero-order valence-corrected chi connectivity index (χ0v) is 9.34. The van der Waals surface area contributed by atoms with E-state index >= 15 is 0 Å². The molecule has 19 heavy (non-hydrogen) atoms. The van der Waals surface area contributed by atoms with Crippen LogP contribution < -0.4 is 4.74 Å². The number of halogens is 6. The summed E-state index contributed by atoms with van der Waals surface area (Å²) >= 11 is 0. The molecule has 0 bridgehead atoms. The molecule has 1 aromatic rings. The molecule has 0 aromatic carbocycles. The highest BCUT2D eigenvalue weighted by Crippen LogP contribution is 2.36. The van der Waals surface area contributed by atoms with Crippen molar-refractivity contribution in [1.29, 1.82) is 0 Å². The second-order valence-electron chi connectivity index (χ2n) is 3.52. The van der Waals surface area contributed by atoms with Crippen molar-refractivity contribution in [2.75, 3.05) is 0 Å². The van der Waals surface area contributed by atoms with E-state index in [4.69, 9.17) is 0 Å². The molecular formula is C10H7F6NO2. The van der Waals surface area contributed by atoms with Crippen LogP contribution in [0.15, 0.2) is 18.3 Å². The first-order valence-corrected chi connectivity index (χ1v) is 4.79. The van der Waals surface area contributed by atoms with Crippen molar-refractivity contribution < 1.29 is 35.9 Å². The first kappa shape index (κ1) is 15.3. The van der Waals surface area contributed by atoms with E-state index in [2.05, 4.69) is 9.72 Å². The minimum Gasteiger partial charge on any atom is -0.455 e. The first-order chi connectivity index (χ1) is 8.51. The smallest absolute Gasteiger partial charge is 0.434 e. The number of carbonyl (C=O) groups is 1. The first-order valence-electron chi connectivity index (χ1n) is 4.79. The fourth-order valence-electron chi connectivity index (χ4n) is 1.13. The van der Waals surface area contributed by atoms with Gasteiger partial charge in [0.1, 0.15) is 0 Å². The van der Waals surface area contributed by atoms with Crippen LogP contribution in [0.3, 0.4) is 0 Å². The van der Waals surface area contributed by atoms with Crippen molar-refractivity contribution in [1.82, 2.24) is 4.98 Å². The Kier molecular flexibility index (Phi) is 4.06. The van der Waals surface area contributed by atoms with Crippen LogP contribution in [0.2, 0.25) is 0 Å². The van der Waals surface area contributed by atoms with Crippen LogP contribution in [-0.2, 0) is 0 Å². The van der Waals surface area contributed by atoms with Gasteiger partial charge in [0, 0.05) is 17.8 Å². The lowest BCUT2D eigenvalue weighted by Crippen LogP contribution is -2.46. The lowest BCUT2D eigenvalue weighted by Gasteiger charge is -2.23. The third-order valence-electron chi connectivity index (χ3n) is 1.97. The number of alkyl halides is 6. The SMILES string of the molecule is CC(=O)c1ccnc(OC(C(F)(F)F)C(F)(F)F)c1. The molecule has 0 atom stereocenters. The maximum Gasteiger partial charge on any atom is 0.434 e. The largest absolute Gasteiger partial charge is 0.455 e. The van der Waals surface area contributed by atoms with Crippen molar-refractivity contribution >= 4 is 5.78 Å². The van der Waals surface area contributed by atoms with Crippen molar-refractivity contribution in [3.63, 3.8) is 0 Å². The minimum absolute atomic E-state index is 0.104. The van der Waals surface area contributed by atoms with E-state index in [1.54, 1.807) is 0 Å². The van der Waals surface area contributed by atoms with E-state index in [9.17, 15) is 31.1 Å². The molecule has 0 unspecified atom stereocenters. The summed E-state index contributed by atoms with van der Waals surface area (Å²) in [6.45, 7) is 1.10. The summed E-state index contributed by atoms with van der Waals surface area (Å²) in [6.07, 6.45) is -14.4. The van der Waals surface area contributed by atoms with Gasteiger partial charge in [-0.1, -0.05) is 0 Å². The average Bonchev–Trinajstić information content (AvgIpc) is 2.23. The number of carbonyl (C=O) groups excluding carboxylic acids is 1. The number of aromatic nitrogens is 1. The second-order valence-corrected chi connectivity index (χ2v) is 3.52. The van der Waals surface area contributed by atoms with E-state index in [-0.39, 0.29) is 5.56 Å². The Morgan fingerprint density at radius 2 is 1.74 bits per heavy atom. The fraction of sp³-hybridized carbons (Fsp3) is 0.400. The Hall–Kier alpha value is -1.80. The predicted octanol–water partition coefficient (Wildman–Crippen LogP) is 3.16. The van der Waals surface area contributed by atoms with Crippen LogP contribution in [0.1, 0.15) is 17.3 Å². The number of hydrogen-bond donors (Lipinski definition) is 0. The van der Waals surface area contributed by atoms with Crippen LogP contribution >= 0.6 is 0 Å². The van der Waals surface area contributed by atoms with Crippen LogP contribution in [0.4, 0.5) is 26.3 Å². The van der Waals surface area contributed by atoms with E-state index in [0.29, 0.717) is 6.07 Å². The number of Topliss-reactive ketones (excluding diaryl/α,β-unsaturated/α-hetero) is 1. The molecule has 3 nitrogen and oxygen atoms in total. The van der Waals surface area contributed by atoms with E-state index in [1.165, 1.54) is 0 Å². The van der Waals surface area contributed by atoms with Crippen LogP contribution in [0, 0.1) is 0 Å². The highest BCUT2D eigenvalue weighted by molar-refractivity contribution is 5.94. The third kappa shape index (κ3) is 4.11. The molecule has 106 valence electrons. The Bertz CT molecular complexity index is 454. The van der Waals surface area contributed by atoms with Gasteiger partial charge in [-0.3, -0.25) is 4.79 Å². The maximum absolute atomic E-state index is 12.2. The monoisotopic (exact) mass is 287 g/mol. The number of ether oxygens (including phenoxy) is 1. The quantitative estimate of drug-likeness (QED) is 0.633. The standard InChI is InChI=1S/C10H7F6NO2/c1-5(18)6-2-3-17-7(4-6)19-8(9(11,12)13)10(14,15)16/h2-4,8H,1H3. The molecular weight excluding hydrogens is 280 g/mol. The molecule has 9 heteroatoms. The van der Waals surface area contributed by atoms with E-state index in [0.717, 1.165) is 19.2 Å². The van der Waals surface area contributed by atoms with Crippen LogP contribution in [0.5, 0.6) is 5.88 Å². The molecule has 0 aliphatic rings. The normalized spacial score (nSPS) is 12.6. The highest BCUT2D eigenvalue weighted by atomic mass is 19.4. The molecule has 0 radical (unpaired) electrons. The van der Waals surface area contributed by atoms with Gasteiger partial charge in [-0.15, -0.1) is 0 Å². The number of ketones is 1. The number of pyridine rings is 1. The molecule has 0 saturated heterocycles. The molecule has 0 spiro atoms. The summed E-state index contributed by atoms with van der Waals surface area (Å²) < 4.78 is 77.1. The topological polar surface area (TPSA) is 39.2 Å². The van der Waals surface area contributed by atoms with Gasteiger partial charge >= 0.3 is 12.4 Å². The molecule has 0 amide bonds.